The molecule has 4 aromatic rings. The fourth-order valence-corrected chi connectivity index (χ4v) is 4.54. The number of para-hydroxylation sites is 2. The van der Waals surface area contributed by atoms with Crippen molar-refractivity contribution in [1.29, 1.82) is 0 Å². The average molecular weight is 602 g/mol. The highest BCUT2D eigenvalue weighted by molar-refractivity contribution is 6.53. The van der Waals surface area contributed by atoms with Crippen LogP contribution in [0.2, 0.25) is 0 Å². The van der Waals surface area contributed by atoms with Crippen LogP contribution in [0.25, 0.3) is 17.3 Å². The van der Waals surface area contributed by atoms with Crippen LogP contribution in [0, 0.1) is 0 Å². The van der Waals surface area contributed by atoms with Crippen LogP contribution in [0.5, 0.6) is 5.88 Å². The van der Waals surface area contributed by atoms with Gasteiger partial charge in [-0.1, -0.05) is 85.0 Å². The summed E-state index contributed by atoms with van der Waals surface area (Å²) < 4.78 is 11.5. The number of hydrogen-bond acceptors (Lipinski definition) is 8. The van der Waals surface area contributed by atoms with Gasteiger partial charge in [0.05, 0.1) is 30.2 Å². The number of benzene rings is 3. The van der Waals surface area contributed by atoms with Gasteiger partial charge in [0.15, 0.2) is 11.4 Å². The number of hydrazone groups is 1. The van der Waals surface area contributed by atoms with E-state index in [9.17, 15) is 19.5 Å². The number of aromatic nitrogens is 2. The zero-order valence-electron chi connectivity index (χ0n) is 24.6. The third-order valence-electron chi connectivity index (χ3n) is 6.66. The van der Waals surface area contributed by atoms with E-state index < -0.39 is 23.7 Å². The van der Waals surface area contributed by atoms with Crippen LogP contribution < -0.4 is 10.1 Å². The lowest BCUT2D eigenvalue weighted by Crippen LogP contribution is -2.22. The molecule has 10 nitrogen and oxygen atoms in total. The molecule has 3 aromatic carbocycles. The molecule has 0 bridgehead atoms. The number of carbonyl (C=O) groups excluding carboxylic acids is 3. The molecule has 0 aliphatic carbocycles. The number of carbonyl (C=O) groups is 3. The molecule has 0 radical (unpaired) electrons. The lowest BCUT2D eigenvalue weighted by Gasteiger charge is -2.11. The lowest BCUT2D eigenvalue weighted by molar-refractivity contribution is -0.278. The fraction of sp³-hybridized carbons (Fsp3) is 0.114. The maximum absolute atomic E-state index is 13.5. The maximum atomic E-state index is 13.5. The van der Waals surface area contributed by atoms with Crippen LogP contribution in [-0.2, 0) is 19.1 Å². The third-order valence-corrected chi connectivity index (χ3v) is 6.66. The SMILES string of the molecule is CCOC(=O)C1=NN(c2ccccc2)C(=O)\C1=C/C=C(/C=C/c1c(C(=O)OCC)nn(-c2ccccc2)c1[O-])c1ccccc1. The monoisotopic (exact) mass is 601 g/mol. The molecule has 45 heavy (non-hydrogen) atoms. The van der Waals surface area contributed by atoms with Gasteiger partial charge in [0.2, 0.25) is 0 Å². The van der Waals surface area contributed by atoms with Crippen LogP contribution in [0.1, 0.15) is 35.5 Å². The van der Waals surface area contributed by atoms with E-state index in [2.05, 4.69) is 10.2 Å². The number of esters is 2. The Hall–Kier alpha value is -6.03. The van der Waals surface area contributed by atoms with E-state index >= 15 is 0 Å². The van der Waals surface area contributed by atoms with Crippen molar-refractivity contribution >= 4 is 40.9 Å². The van der Waals surface area contributed by atoms with Crippen molar-refractivity contribution in [1.82, 2.24) is 9.78 Å². The van der Waals surface area contributed by atoms with E-state index in [0.29, 0.717) is 16.9 Å². The van der Waals surface area contributed by atoms with Crippen molar-refractivity contribution < 1.29 is 29.0 Å². The van der Waals surface area contributed by atoms with E-state index in [1.807, 2.05) is 42.5 Å². The molecule has 1 aliphatic rings. The van der Waals surface area contributed by atoms with Crippen molar-refractivity contribution in [2.45, 2.75) is 13.8 Å². The molecular weight excluding hydrogens is 572 g/mol. The molecule has 0 unspecified atom stereocenters. The molecule has 5 rings (SSSR count). The van der Waals surface area contributed by atoms with E-state index in [1.165, 1.54) is 12.2 Å². The molecule has 226 valence electrons. The minimum atomic E-state index is -0.732. The molecule has 0 spiro atoms. The first-order valence-electron chi connectivity index (χ1n) is 14.3. The molecule has 1 amide bonds. The molecule has 0 saturated heterocycles. The molecule has 0 N–H and O–H groups in total. The summed E-state index contributed by atoms with van der Waals surface area (Å²) in [6, 6.07) is 26.7. The van der Waals surface area contributed by atoms with Crippen molar-refractivity contribution in [3.63, 3.8) is 0 Å². The first-order chi connectivity index (χ1) is 21.9. The van der Waals surface area contributed by atoms with Gasteiger partial charge < -0.3 is 14.6 Å². The number of amides is 1. The second-order valence-electron chi connectivity index (χ2n) is 9.56. The maximum Gasteiger partial charge on any atom is 0.359 e. The summed E-state index contributed by atoms with van der Waals surface area (Å²) in [5.41, 5.74) is 2.10. The van der Waals surface area contributed by atoms with Gasteiger partial charge in [0.1, 0.15) is 0 Å². The van der Waals surface area contributed by atoms with Gasteiger partial charge in [-0.05, 0) is 61.2 Å². The topological polar surface area (TPSA) is 126 Å². The fourth-order valence-electron chi connectivity index (χ4n) is 4.54. The Morgan fingerprint density at radius 2 is 1.40 bits per heavy atom. The second kappa shape index (κ2) is 14.0. The quantitative estimate of drug-likeness (QED) is 0.140. The van der Waals surface area contributed by atoms with Gasteiger partial charge in [-0.2, -0.15) is 15.2 Å². The molecular formula is C35H29N4O6-. The van der Waals surface area contributed by atoms with Gasteiger partial charge >= 0.3 is 11.9 Å². The van der Waals surface area contributed by atoms with Crippen molar-refractivity contribution in [2.75, 3.05) is 18.2 Å². The minimum absolute atomic E-state index is 0.0350. The first kappa shape index (κ1) is 30.4. The molecule has 0 fully saturated rings. The zero-order chi connectivity index (χ0) is 31.8. The van der Waals surface area contributed by atoms with Crippen LogP contribution >= 0.6 is 0 Å². The highest BCUT2D eigenvalue weighted by Crippen LogP contribution is 2.28. The lowest BCUT2D eigenvalue weighted by atomic mass is 10.0. The summed E-state index contributed by atoms with van der Waals surface area (Å²) in [6.45, 7) is 3.55. The molecule has 1 aromatic heterocycles. The van der Waals surface area contributed by atoms with E-state index in [0.717, 1.165) is 15.3 Å². The van der Waals surface area contributed by atoms with Crippen LogP contribution in [0.15, 0.2) is 120 Å². The Kier molecular flexibility index (Phi) is 9.44. The Balaban J connectivity index is 1.60. The minimum Gasteiger partial charge on any atom is -0.858 e. The zero-order valence-corrected chi connectivity index (χ0v) is 24.6. The highest BCUT2D eigenvalue weighted by atomic mass is 16.5. The Morgan fingerprint density at radius 1 is 0.822 bits per heavy atom. The van der Waals surface area contributed by atoms with Crippen molar-refractivity contribution in [3.8, 4) is 11.6 Å². The Bertz CT molecular complexity index is 1820. The summed E-state index contributed by atoms with van der Waals surface area (Å²) in [5.74, 6) is -2.48. The standard InChI is InChI=1S/C35H30N4O6/c1-3-44-34(42)30-28(32(40)38(36-30)26-16-10-6-11-17-26)22-20-25(24-14-8-5-9-15-24)21-23-29-31(35(43)45-4-2)37-39(33(29)41)27-18-12-7-13-19-27/h5-23,40H,3-4H2,1-2H3/p-1/b22-20+,25-21-,29-23-. The van der Waals surface area contributed by atoms with Crippen LogP contribution in [0.4, 0.5) is 5.69 Å². The summed E-state index contributed by atoms with van der Waals surface area (Å²) in [5, 5.41) is 23.2. The number of allylic oxidation sites excluding steroid dienone is 4. The Morgan fingerprint density at radius 3 is 2.02 bits per heavy atom. The summed E-state index contributed by atoms with van der Waals surface area (Å²) in [6.07, 6.45) is 6.26. The van der Waals surface area contributed by atoms with Gasteiger partial charge in [-0.15, -0.1) is 0 Å². The number of nitrogens with zero attached hydrogens (tertiary/aromatic N) is 4. The van der Waals surface area contributed by atoms with Gasteiger partial charge in [0.25, 0.3) is 5.91 Å². The van der Waals surface area contributed by atoms with Gasteiger partial charge in [-0.3, -0.25) is 4.79 Å². The largest absolute Gasteiger partial charge is 0.858 e. The predicted molar refractivity (Wildman–Crippen MR) is 168 cm³/mol. The number of hydrogen-bond donors (Lipinski definition) is 0. The molecule has 2 heterocycles. The number of rotatable bonds is 10. The summed E-state index contributed by atoms with van der Waals surface area (Å²) >= 11 is 0. The Labute approximate surface area is 259 Å². The normalized spacial score (nSPS) is 14.2. The number of anilines is 1. The molecule has 1 aliphatic heterocycles. The second-order valence-corrected chi connectivity index (χ2v) is 9.56. The molecule has 0 atom stereocenters. The van der Waals surface area contributed by atoms with Gasteiger partial charge in [-0.25, -0.2) is 14.3 Å². The summed E-state index contributed by atoms with van der Waals surface area (Å²) in [4.78, 5) is 39.1. The average Bonchev–Trinajstić information content (AvgIpc) is 3.58. The predicted octanol–water partition coefficient (Wildman–Crippen LogP) is 5.11. The van der Waals surface area contributed by atoms with Crippen molar-refractivity contribution in [3.05, 3.63) is 132 Å². The van der Waals surface area contributed by atoms with Gasteiger partial charge in [0, 0.05) is 5.56 Å². The van der Waals surface area contributed by atoms with E-state index in [1.54, 1.807) is 74.5 Å². The third kappa shape index (κ3) is 6.65. The summed E-state index contributed by atoms with van der Waals surface area (Å²) in [7, 11) is 0. The highest BCUT2D eigenvalue weighted by Gasteiger charge is 2.35. The molecule has 10 heteroatoms. The van der Waals surface area contributed by atoms with E-state index in [-0.39, 0.29) is 35.8 Å². The molecule has 0 saturated carbocycles. The van der Waals surface area contributed by atoms with E-state index in [4.69, 9.17) is 9.47 Å². The van der Waals surface area contributed by atoms with Crippen LogP contribution in [-0.4, -0.2) is 46.6 Å². The van der Waals surface area contributed by atoms with Crippen molar-refractivity contribution in [2.24, 2.45) is 5.10 Å². The first-order valence-corrected chi connectivity index (χ1v) is 14.3. The smallest absolute Gasteiger partial charge is 0.359 e. The van der Waals surface area contributed by atoms with Crippen LogP contribution in [0.3, 0.4) is 0 Å². The number of ether oxygens (including phenoxy) is 2.